The minimum absolute atomic E-state index is 0.132. The van der Waals surface area contributed by atoms with Crippen molar-refractivity contribution in [2.45, 2.75) is 0 Å². The molecule has 0 fully saturated rings. The molecule has 1 amide bonds. The number of hydrogen-bond donors (Lipinski definition) is 3. The number of carbonyl (C=O) groups excluding carboxylic acids is 1. The van der Waals surface area contributed by atoms with Gasteiger partial charge in [-0.2, -0.15) is 0 Å². The largest absolute Gasteiger partial charge is 0.478 e. The lowest BCUT2D eigenvalue weighted by Gasteiger charge is -2.12. The number of amides is 1. The van der Waals surface area contributed by atoms with E-state index in [0.717, 1.165) is 8.95 Å². The first kappa shape index (κ1) is 15.5. The van der Waals surface area contributed by atoms with Gasteiger partial charge in [0.15, 0.2) is 0 Å². The number of rotatable bonds is 4. The van der Waals surface area contributed by atoms with E-state index < -0.39 is 5.97 Å². The van der Waals surface area contributed by atoms with E-state index in [-0.39, 0.29) is 11.5 Å². The van der Waals surface area contributed by atoms with Gasteiger partial charge in [0, 0.05) is 14.5 Å². The molecule has 2 aromatic carbocycles. The lowest BCUT2D eigenvalue weighted by Crippen LogP contribution is -2.29. The highest BCUT2D eigenvalue weighted by Gasteiger charge is 2.09. The van der Waals surface area contributed by atoms with E-state index >= 15 is 0 Å². The quantitative estimate of drug-likeness (QED) is 0.668. The summed E-state index contributed by atoms with van der Waals surface area (Å²) in [6.45, 7) is 0. The summed E-state index contributed by atoms with van der Waals surface area (Å²) in [4.78, 5) is 22.7. The van der Waals surface area contributed by atoms with Crippen LogP contribution in [0.15, 0.2) is 51.4 Å². The van der Waals surface area contributed by atoms with Gasteiger partial charge in [-0.15, -0.1) is 0 Å². The molecule has 0 saturated carbocycles. The number of para-hydroxylation sites is 1. The molecule has 0 saturated heterocycles. The summed E-state index contributed by atoms with van der Waals surface area (Å²) in [6.07, 6.45) is 0. The molecule has 0 heterocycles. The Bertz CT molecular complexity index is 667. The number of carbonyl (C=O) groups is 2. The Morgan fingerprint density at radius 1 is 0.905 bits per heavy atom. The number of nitrogens with one attached hydrogen (secondary N) is 2. The van der Waals surface area contributed by atoms with Gasteiger partial charge in [0.25, 0.3) is 5.91 Å². The molecule has 0 unspecified atom stereocenters. The van der Waals surface area contributed by atoms with Crippen molar-refractivity contribution in [1.29, 1.82) is 0 Å². The summed E-state index contributed by atoms with van der Waals surface area (Å²) < 4.78 is 1.58. The molecule has 5 nitrogen and oxygen atoms in total. The van der Waals surface area contributed by atoms with Crippen LogP contribution in [0, 0.1) is 0 Å². The van der Waals surface area contributed by atoms with E-state index in [4.69, 9.17) is 5.11 Å². The van der Waals surface area contributed by atoms with Crippen LogP contribution in [0.2, 0.25) is 0 Å². The summed E-state index contributed by atoms with van der Waals surface area (Å²) >= 11 is 6.74. The Morgan fingerprint density at radius 2 is 1.43 bits per heavy atom. The van der Waals surface area contributed by atoms with Crippen molar-refractivity contribution in [3.05, 3.63) is 62.5 Å². The van der Waals surface area contributed by atoms with Crippen molar-refractivity contribution in [3.8, 4) is 0 Å². The molecular weight excluding hydrogens is 404 g/mol. The number of anilines is 1. The number of hydrazine groups is 1. The highest BCUT2D eigenvalue weighted by molar-refractivity contribution is 9.11. The zero-order chi connectivity index (χ0) is 15.4. The molecule has 108 valence electrons. The van der Waals surface area contributed by atoms with Crippen LogP contribution in [0.25, 0.3) is 0 Å². The molecule has 0 bridgehead atoms. The summed E-state index contributed by atoms with van der Waals surface area (Å²) in [5.74, 6) is -1.40. The fourth-order valence-electron chi connectivity index (χ4n) is 1.57. The first-order valence-electron chi connectivity index (χ1n) is 5.83. The van der Waals surface area contributed by atoms with E-state index in [9.17, 15) is 9.59 Å². The Kier molecular flexibility index (Phi) is 4.98. The summed E-state index contributed by atoms with van der Waals surface area (Å²) in [6, 6.07) is 11.2. The SMILES string of the molecule is O=C(O)c1ccc(C(=O)NNc2c(Br)cccc2Br)cc1. The Hall–Kier alpha value is -1.86. The Balaban J connectivity index is 2.06. The summed E-state index contributed by atoms with van der Waals surface area (Å²) in [7, 11) is 0. The van der Waals surface area contributed by atoms with Crippen LogP contribution in [0.1, 0.15) is 20.7 Å². The van der Waals surface area contributed by atoms with E-state index in [1.807, 2.05) is 18.2 Å². The van der Waals surface area contributed by atoms with Crippen molar-refractivity contribution in [2.75, 3.05) is 5.43 Å². The van der Waals surface area contributed by atoms with Gasteiger partial charge in [0.1, 0.15) is 0 Å². The van der Waals surface area contributed by atoms with Crippen LogP contribution >= 0.6 is 31.9 Å². The molecule has 0 aliphatic carbocycles. The molecule has 0 atom stereocenters. The number of carboxylic acid groups (broad SMARTS) is 1. The van der Waals surface area contributed by atoms with Crippen molar-refractivity contribution in [2.24, 2.45) is 0 Å². The second kappa shape index (κ2) is 6.73. The summed E-state index contributed by atoms with van der Waals surface area (Å²) in [5.41, 5.74) is 6.53. The van der Waals surface area contributed by atoms with Crippen LogP contribution in [-0.4, -0.2) is 17.0 Å². The molecule has 0 aromatic heterocycles. The molecule has 2 aromatic rings. The molecular formula is C14H10Br2N2O3. The predicted molar refractivity (Wildman–Crippen MR) is 86.3 cm³/mol. The third-order valence-electron chi connectivity index (χ3n) is 2.66. The molecule has 0 radical (unpaired) electrons. The maximum atomic E-state index is 12.0. The van der Waals surface area contributed by atoms with Crippen LogP contribution in [-0.2, 0) is 0 Å². The van der Waals surface area contributed by atoms with Gasteiger partial charge in [0.05, 0.1) is 11.3 Å². The minimum Gasteiger partial charge on any atom is -0.478 e. The van der Waals surface area contributed by atoms with Crippen molar-refractivity contribution in [3.63, 3.8) is 0 Å². The zero-order valence-corrected chi connectivity index (χ0v) is 13.7. The fourth-order valence-corrected chi connectivity index (χ4v) is 2.77. The average molecular weight is 414 g/mol. The van der Waals surface area contributed by atoms with Gasteiger partial charge in [-0.1, -0.05) is 6.07 Å². The molecule has 0 spiro atoms. The Morgan fingerprint density at radius 3 is 1.95 bits per heavy atom. The highest BCUT2D eigenvalue weighted by atomic mass is 79.9. The van der Waals surface area contributed by atoms with Crippen LogP contribution in [0.5, 0.6) is 0 Å². The monoisotopic (exact) mass is 412 g/mol. The highest BCUT2D eigenvalue weighted by Crippen LogP contribution is 2.29. The van der Waals surface area contributed by atoms with Crippen LogP contribution in [0.4, 0.5) is 5.69 Å². The Labute approximate surface area is 137 Å². The maximum absolute atomic E-state index is 12.0. The number of halogens is 2. The number of aromatic carboxylic acids is 1. The van der Waals surface area contributed by atoms with E-state index in [0.29, 0.717) is 11.3 Å². The molecule has 7 heteroatoms. The number of carboxylic acids is 1. The zero-order valence-electron chi connectivity index (χ0n) is 10.6. The minimum atomic E-state index is -1.03. The average Bonchev–Trinajstić information content (AvgIpc) is 2.46. The van der Waals surface area contributed by atoms with E-state index in [1.165, 1.54) is 24.3 Å². The molecule has 0 aliphatic heterocycles. The third-order valence-corrected chi connectivity index (χ3v) is 3.98. The summed E-state index contributed by atoms with van der Waals surface area (Å²) in [5, 5.41) is 8.80. The standard InChI is InChI=1S/C14H10Br2N2O3/c15-10-2-1-3-11(16)12(10)17-18-13(19)8-4-6-9(7-5-8)14(20)21/h1-7,17H,(H,18,19)(H,20,21). The van der Waals surface area contributed by atoms with Gasteiger partial charge in [-0.3, -0.25) is 15.6 Å². The normalized spacial score (nSPS) is 10.0. The smallest absolute Gasteiger partial charge is 0.335 e. The second-order valence-electron chi connectivity index (χ2n) is 4.06. The van der Waals surface area contributed by atoms with Gasteiger partial charge in [-0.25, -0.2) is 4.79 Å². The predicted octanol–water partition coefficient (Wildman–Crippen LogP) is 3.67. The second-order valence-corrected chi connectivity index (χ2v) is 5.77. The number of hydrogen-bond acceptors (Lipinski definition) is 3. The molecule has 3 N–H and O–H groups in total. The van der Waals surface area contributed by atoms with E-state index in [2.05, 4.69) is 42.7 Å². The van der Waals surface area contributed by atoms with Gasteiger partial charge in [0.2, 0.25) is 0 Å². The fraction of sp³-hybridized carbons (Fsp3) is 0. The molecule has 0 aliphatic rings. The molecule has 21 heavy (non-hydrogen) atoms. The van der Waals surface area contributed by atoms with Gasteiger partial charge < -0.3 is 5.11 Å². The first-order chi connectivity index (χ1) is 9.99. The van der Waals surface area contributed by atoms with Gasteiger partial charge >= 0.3 is 5.97 Å². The maximum Gasteiger partial charge on any atom is 0.335 e. The van der Waals surface area contributed by atoms with E-state index in [1.54, 1.807) is 0 Å². The van der Waals surface area contributed by atoms with Crippen molar-refractivity contribution >= 4 is 49.4 Å². The topological polar surface area (TPSA) is 78.4 Å². The lowest BCUT2D eigenvalue weighted by molar-refractivity contribution is 0.0696. The first-order valence-corrected chi connectivity index (χ1v) is 7.41. The lowest BCUT2D eigenvalue weighted by atomic mass is 10.1. The molecule has 2 rings (SSSR count). The van der Waals surface area contributed by atoms with Crippen molar-refractivity contribution < 1.29 is 14.7 Å². The number of benzene rings is 2. The third kappa shape index (κ3) is 3.83. The van der Waals surface area contributed by atoms with Crippen LogP contribution in [0.3, 0.4) is 0 Å². The van der Waals surface area contributed by atoms with Gasteiger partial charge in [-0.05, 0) is 68.3 Å². The van der Waals surface area contributed by atoms with Crippen LogP contribution < -0.4 is 10.9 Å². The van der Waals surface area contributed by atoms with Crippen molar-refractivity contribution in [1.82, 2.24) is 5.43 Å².